The van der Waals surface area contributed by atoms with Crippen LogP contribution in [0.15, 0.2) is 65.9 Å². The molecular formula is C22H23N3O4S. The zero-order chi connectivity index (χ0) is 21.5. The fraction of sp³-hybridized carbons (Fsp3) is 0.227. The molecule has 2 aromatic rings. The summed E-state index contributed by atoms with van der Waals surface area (Å²) in [5.41, 5.74) is 2.75. The number of ether oxygens (including phenoxy) is 2. The van der Waals surface area contributed by atoms with Crippen LogP contribution < -0.4 is 20.7 Å². The van der Waals surface area contributed by atoms with Crippen molar-refractivity contribution in [1.29, 1.82) is 0 Å². The maximum atomic E-state index is 13.0. The summed E-state index contributed by atoms with van der Waals surface area (Å²) in [5, 5.41) is 9.53. The number of allylic oxidation sites excluding steroid dienone is 1. The predicted molar refractivity (Wildman–Crippen MR) is 118 cm³/mol. The highest BCUT2D eigenvalue weighted by Gasteiger charge is 2.30. The molecule has 0 fully saturated rings. The van der Waals surface area contributed by atoms with Gasteiger partial charge in [-0.15, -0.1) is 0 Å². The van der Waals surface area contributed by atoms with Crippen LogP contribution in [-0.4, -0.2) is 30.2 Å². The Morgan fingerprint density at radius 1 is 1.10 bits per heavy atom. The molecule has 0 saturated carbocycles. The van der Waals surface area contributed by atoms with E-state index in [1.165, 1.54) is 0 Å². The van der Waals surface area contributed by atoms with Crippen LogP contribution in [0.2, 0.25) is 0 Å². The van der Waals surface area contributed by atoms with Crippen molar-refractivity contribution in [3.8, 4) is 5.75 Å². The quantitative estimate of drug-likeness (QED) is 0.464. The lowest BCUT2D eigenvalue weighted by Gasteiger charge is -2.30. The molecule has 1 atom stereocenters. The minimum absolute atomic E-state index is 0.160. The van der Waals surface area contributed by atoms with Gasteiger partial charge in [-0.3, -0.25) is 4.79 Å². The molecule has 7 nitrogen and oxygen atoms in total. The topological polar surface area (TPSA) is 88.7 Å². The Morgan fingerprint density at radius 2 is 1.80 bits per heavy atom. The first-order chi connectivity index (χ1) is 14.5. The number of anilines is 1. The second-order valence-corrected chi connectivity index (χ2v) is 6.96. The zero-order valence-electron chi connectivity index (χ0n) is 16.7. The maximum absolute atomic E-state index is 13.0. The van der Waals surface area contributed by atoms with Crippen molar-refractivity contribution in [2.75, 3.05) is 18.5 Å². The molecule has 3 rings (SSSR count). The fourth-order valence-electron chi connectivity index (χ4n) is 3.07. The summed E-state index contributed by atoms with van der Waals surface area (Å²) in [6.07, 6.45) is 0. The SMILES string of the molecule is CCOC(=O)COc1ccc([C@H]2NC(=S)NC(C)=C2C(=O)Nc2ccccc2)cc1. The van der Waals surface area contributed by atoms with E-state index in [0.717, 1.165) is 5.56 Å². The van der Waals surface area contributed by atoms with E-state index in [2.05, 4.69) is 16.0 Å². The third kappa shape index (κ3) is 5.36. The molecule has 2 aromatic carbocycles. The molecule has 8 heteroatoms. The van der Waals surface area contributed by atoms with Crippen molar-refractivity contribution < 1.29 is 19.1 Å². The average Bonchev–Trinajstić information content (AvgIpc) is 2.73. The van der Waals surface area contributed by atoms with Crippen molar-refractivity contribution in [2.24, 2.45) is 0 Å². The Balaban J connectivity index is 1.78. The molecule has 0 aromatic heterocycles. The van der Waals surface area contributed by atoms with E-state index in [0.29, 0.717) is 34.4 Å². The molecule has 3 N–H and O–H groups in total. The van der Waals surface area contributed by atoms with E-state index in [1.54, 1.807) is 19.1 Å². The number of rotatable bonds is 7. The van der Waals surface area contributed by atoms with Gasteiger partial charge in [0.1, 0.15) is 5.75 Å². The molecule has 30 heavy (non-hydrogen) atoms. The van der Waals surface area contributed by atoms with Crippen LogP contribution >= 0.6 is 12.2 Å². The van der Waals surface area contributed by atoms with E-state index < -0.39 is 12.0 Å². The highest BCUT2D eigenvalue weighted by molar-refractivity contribution is 7.80. The Kier molecular flexibility index (Phi) is 7.03. The lowest BCUT2D eigenvalue weighted by atomic mass is 9.95. The van der Waals surface area contributed by atoms with Gasteiger partial charge in [0, 0.05) is 11.4 Å². The van der Waals surface area contributed by atoms with Crippen molar-refractivity contribution in [1.82, 2.24) is 10.6 Å². The monoisotopic (exact) mass is 425 g/mol. The number of para-hydroxylation sites is 1. The number of hydrogen-bond acceptors (Lipinski definition) is 5. The van der Waals surface area contributed by atoms with Gasteiger partial charge < -0.3 is 25.4 Å². The fourth-order valence-corrected chi connectivity index (χ4v) is 3.34. The highest BCUT2D eigenvalue weighted by Crippen LogP contribution is 2.29. The van der Waals surface area contributed by atoms with E-state index in [1.807, 2.05) is 49.4 Å². The van der Waals surface area contributed by atoms with Crippen molar-refractivity contribution in [3.63, 3.8) is 0 Å². The molecule has 0 unspecified atom stereocenters. The van der Waals surface area contributed by atoms with Crippen LogP contribution in [0.3, 0.4) is 0 Å². The first-order valence-corrected chi connectivity index (χ1v) is 9.91. The number of amides is 1. The third-order valence-corrected chi connectivity index (χ3v) is 4.64. The molecule has 1 heterocycles. The lowest BCUT2D eigenvalue weighted by molar-refractivity contribution is -0.145. The minimum Gasteiger partial charge on any atom is -0.482 e. The molecule has 0 radical (unpaired) electrons. The van der Waals surface area contributed by atoms with Crippen LogP contribution in [0, 0.1) is 0 Å². The molecule has 1 aliphatic rings. The van der Waals surface area contributed by atoms with Crippen molar-refractivity contribution >= 4 is 34.9 Å². The number of benzene rings is 2. The van der Waals surface area contributed by atoms with Crippen LogP contribution in [0.4, 0.5) is 5.69 Å². The second-order valence-electron chi connectivity index (χ2n) is 6.55. The smallest absolute Gasteiger partial charge is 0.344 e. The molecule has 0 aliphatic carbocycles. The van der Waals surface area contributed by atoms with Gasteiger partial charge in [-0.05, 0) is 55.9 Å². The standard InChI is InChI=1S/C22H23N3O4S/c1-3-28-18(26)13-29-17-11-9-15(10-12-17)20-19(14(2)23-22(30)25-20)21(27)24-16-7-5-4-6-8-16/h4-12,20H,3,13H2,1-2H3,(H,24,27)(H2,23,25,30)/t20-/m1/s1. The van der Waals surface area contributed by atoms with Gasteiger partial charge in [0.15, 0.2) is 11.7 Å². The Morgan fingerprint density at radius 3 is 2.47 bits per heavy atom. The maximum Gasteiger partial charge on any atom is 0.344 e. The highest BCUT2D eigenvalue weighted by atomic mass is 32.1. The summed E-state index contributed by atoms with van der Waals surface area (Å²) < 4.78 is 10.3. The summed E-state index contributed by atoms with van der Waals surface area (Å²) in [4.78, 5) is 24.4. The Bertz CT molecular complexity index is 958. The lowest BCUT2D eigenvalue weighted by Crippen LogP contribution is -2.45. The summed E-state index contributed by atoms with van der Waals surface area (Å²) in [6.45, 7) is 3.70. The predicted octanol–water partition coefficient (Wildman–Crippen LogP) is 3.06. The van der Waals surface area contributed by atoms with Gasteiger partial charge in [-0.1, -0.05) is 30.3 Å². The summed E-state index contributed by atoms with van der Waals surface area (Å²) >= 11 is 5.29. The van der Waals surface area contributed by atoms with E-state index in [4.69, 9.17) is 21.7 Å². The van der Waals surface area contributed by atoms with Gasteiger partial charge in [-0.2, -0.15) is 0 Å². The van der Waals surface area contributed by atoms with Gasteiger partial charge in [0.2, 0.25) is 0 Å². The zero-order valence-corrected chi connectivity index (χ0v) is 17.5. The van der Waals surface area contributed by atoms with Crippen LogP contribution in [0.25, 0.3) is 0 Å². The van der Waals surface area contributed by atoms with Gasteiger partial charge >= 0.3 is 5.97 Å². The Hall–Kier alpha value is -3.39. The average molecular weight is 426 g/mol. The van der Waals surface area contributed by atoms with Crippen LogP contribution in [-0.2, 0) is 14.3 Å². The number of carbonyl (C=O) groups excluding carboxylic acids is 2. The normalized spacial score (nSPS) is 15.7. The number of carbonyl (C=O) groups is 2. The first kappa shape index (κ1) is 21.3. The van der Waals surface area contributed by atoms with Gasteiger partial charge in [0.05, 0.1) is 18.2 Å². The molecule has 1 aliphatic heterocycles. The molecule has 1 amide bonds. The van der Waals surface area contributed by atoms with E-state index in [-0.39, 0.29) is 12.5 Å². The molecule has 0 saturated heterocycles. The number of hydrogen-bond donors (Lipinski definition) is 3. The summed E-state index contributed by atoms with van der Waals surface area (Å²) in [5.74, 6) is -0.126. The van der Waals surface area contributed by atoms with Gasteiger partial charge in [0.25, 0.3) is 5.91 Å². The van der Waals surface area contributed by atoms with E-state index >= 15 is 0 Å². The molecular weight excluding hydrogens is 402 g/mol. The third-order valence-electron chi connectivity index (χ3n) is 4.42. The first-order valence-electron chi connectivity index (χ1n) is 9.51. The second kappa shape index (κ2) is 9.89. The summed E-state index contributed by atoms with van der Waals surface area (Å²) in [6, 6.07) is 16.0. The number of nitrogens with one attached hydrogen (secondary N) is 3. The molecule has 0 bridgehead atoms. The largest absolute Gasteiger partial charge is 0.482 e. The molecule has 0 spiro atoms. The van der Waals surface area contributed by atoms with Crippen molar-refractivity contribution in [3.05, 3.63) is 71.4 Å². The number of thiocarbonyl (C=S) groups is 1. The van der Waals surface area contributed by atoms with Gasteiger partial charge in [-0.25, -0.2) is 4.79 Å². The van der Waals surface area contributed by atoms with E-state index in [9.17, 15) is 9.59 Å². The Labute approximate surface area is 180 Å². The molecule has 156 valence electrons. The van der Waals surface area contributed by atoms with Crippen LogP contribution in [0.1, 0.15) is 25.5 Å². The van der Waals surface area contributed by atoms with Crippen molar-refractivity contribution in [2.45, 2.75) is 19.9 Å². The number of esters is 1. The van der Waals surface area contributed by atoms with Crippen LogP contribution in [0.5, 0.6) is 5.75 Å². The minimum atomic E-state index is -0.429. The summed E-state index contributed by atoms with van der Waals surface area (Å²) in [7, 11) is 0.